The van der Waals surface area contributed by atoms with Crippen LogP contribution in [0.4, 0.5) is 0 Å². The Balaban J connectivity index is 2.23. The molecule has 3 heterocycles. The van der Waals surface area contributed by atoms with Gasteiger partial charge in [0.25, 0.3) is 0 Å². The minimum atomic E-state index is 0.428. The Hall–Kier alpha value is -2.14. The van der Waals surface area contributed by atoms with Gasteiger partial charge in [-0.05, 0) is 19.1 Å². The van der Waals surface area contributed by atoms with Crippen LogP contribution in [-0.2, 0) is 6.54 Å². The quantitative estimate of drug-likeness (QED) is 0.725. The minimum Gasteiger partial charge on any atom is -0.463 e. The van der Waals surface area contributed by atoms with Gasteiger partial charge in [0.1, 0.15) is 17.2 Å². The van der Waals surface area contributed by atoms with Crippen LogP contribution in [0.2, 0.25) is 0 Å². The first-order valence-electron chi connectivity index (χ1n) is 5.37. The molecule has 0 saturated heterocycles. The summed E-state index contributed by atoms with van der Waals surface area (Å²) in [4.78, 5) is 8.90. The third-order valence-electron chi connectivity index (χ3n) is 2.66. The molecule has 2 N–H and O–H groups in total. The summed E-state index contributed by atoms with van der Waals surface area (Å²) in [6.07, 6.45) is 3.54. The molecule has 0 spiro atoms. The monoisotopic (exact) mass is 228 g/mol. The van der Waals surface area contributed by atoms with Crippen LogP contribution in [0.1, 0.15) is 11.5 Å². The Kier molecular flexibility index (Phi) is 2.19. The van der Waals surface area contributed by atoms with Crippen LogP contribution in [0.25, 0.3) is 17.1 Å². The van der Waals surface area contributed by atoms with Crippen LogP contribution in [0, 0.1) is 6.92 Å². The molecule has 0 atom stereocenters. The molecule has 0 aliphatic carbocycles. The smallest absolute Gasteiger partial charge is 0.152 e. The first kappa shape index (κ1) is 10.0. The number of nitrogens with zero attached hydrogens (tertiary/aromatic N) is 3. The molecule has 0 aliphatic rings. The van der Waals surface area contributed by atoms with Gasteiger partial charge in [0.05, 0.1) is 12.0 Å². The maximum Gasteiger partial charge on any atom is 0.152 e. The van der Waals surface area contributed by atoms with Gasteiger partial charge in [-0.1, -0.05) is 0 Å². The predicted octanol–water partition coefficient (Wildman–Crippen LogP) is 1.76. The fraction of sp³-hybridized carbons (Fsp3) is 0.167. The molecule has 5 nitrogen and oxygen atoms in total. The van der Waals surface area contributed by atoms with Crippen LogP contribution < -0.4 is 5.73 Å². The molecular weight excluding hydrogens is 216 g/mol. The first-order valence-corrected chi connectivity index (χ1v) is 5.37. The molecule has 5 heteroatoms. The molecule has 0 bridgehead atoms. The molecule has 0 unspecified atom stereocenters. The van der Waals surface area contributed by atoms with E-state index in [9.17, 15) is 0 Å². The summed E-state index contributed by atoms with van der Waals surface area (Å²) in [7, 11) is 0. The van der Waals surface area contributed by atoms with E-state index >= 15 is 0 Å². The highest BCUT2D eigenvalue weighted by atomic mass is 16.3. The number of furan rings is 1. The highest BCUT2D eigenvalue weighted by Crippen LogP contribution is 2.20. The Morgan fingerprint density at radius 1 is 1.41 bits per heavy atom. The molecule has 0 radical (unpaired) electrons. The Morgan fingerprint density at radius 3 is 3.00 bits per heavy atom. The summed E-state index contributed by atoms with van der Waals surface area (Å²) in [6.45, 7) is 2.36. The van der Waals surface area contributed by atoms with Gasteiger partial charge in [-0.3, -0.25) is 4.40 Å². The van der Waals surface area contributed by atoms with Gasteiger partial charge in [-0.25, -0.2) is 9.97 Å². The highest BCUT2D eigenvalue weighted by molar-refractivity contribution is 5.59. The van der Waals surface area contributed by atoms with Crippen molar-refractivity contribution in [2.75, 3.05) is 0 Å². The summed E-state index contributed by atoms with van der Waals surface area (Å²) in [5.74, 6) is 1.61. The van der Waals surface area contributed by atoms with Crippen LogP contribution in [0.3, 0.4) is 0 Å². The second-order valence-electron chi connectivity index (χ2n) is 3.83. The zero-order valence-electron chi connectivity index (χ0n) is 9.42. The number of hydrogen-bond donors (Lipinski definition) is 1. The van der Waals surface area contributed by atoms with E-state index < -0.39 is 0 Å². The fourth-order valence-corrected chi connectivity index (χ4v) is 1.84. The first-order chi connectivity index (χ1) is 8.28. The molecule has 0 amide bonds. The molecule has 3 aromatic rings. The summed E-state index contributed by atoms with van der Waals surface area (Å²) < 4.78 is 7.26. The van der Waals surface area contributed by atoms with Crippen molar-refractivity contribution in [1.82, 2.24) is 14.4 Å². The molecule has 0 fully saturated rings. The van der Waals surface area contributed by atoms with Crippen molar-refractivity contribution >= 4 is 5.65 Å². The second kappa shape index (κ2) is 3.71. The van der Waals surface area contributed by atoms with Crippen LogP contribution >= 0.6 is 0 Å². The largest absolute Gasteiger partial charge is 0.463 e. The average Bonchev–Trinajstić information content (AvgIpc) is 2.97. The van der Waals surface area contributed by atoms with E-state index in [1.165, 1.54) is 0 Å². The molecule has 3 rings (SSSR count). The lowest BCUT2D eigenvalue weighted by atomic mass is 10.3. The third kappa shape index (κ3) is 1.60. The van der Waals surface area contributed by atoms with Gasteiger partial charge in [0.2, 0.25) is 0 Å². The van der Waals surface area contributed by atoms with Gasteiger partial charge in [0, 0.05) is 18.8 Å². The van der Waals surface area contributed by atoms with Gasteiger partial charge in [-0.2, -0.15) is 0 Å². The number of rotatable bonds is 2. The standard InChI is InChI=1S/C12H12N4O/c1-8-14-10(11-3-2-4-17-11)5-12-15-9(6-13)7-16(8)12/h2-5,7H,6,13H2,1H3. The van der Waals surface area contributed by atoms with E-state index in [1.807, 2.05) is 35.7 Å². The zero-order valence-corrected chi connectivity index (χ0v) is 9.42. The van der Waals surface area contributed by atoms with Crippen molar-refractivity contribution in [3.8, 4) is 11.5 Å². The van der Waals surface area contributed by atoms with Crippen LogP contribution in [0.15, 0.2) is 35.1 Å². The maximum atomic E-state index is 5.58. The molecule has 0 aromatic carbocycles. The van der Waals surface area contributed by atoms with Crippen molar-refractivity contribution in [1.29, 1.82) is 0 Å². The molecule has 86 valence electrons. The van der Waals surface area contributed by atoms with Gasteiger partial charge in [-0.15, -0.1) is 0 Å². The molecule has 0 saturated carbocycles. The van der Waals surface area contributed by atoms with E-state index in [0.29, 0.717) is 6.54 Å². The summed E-state index contributed by atoms with van der Waals surface area (Å²) in [6, 6.07) is 5.61. The van der Waals surface area contributed by atoms with Crippen molar-refractivity contribution in [2.24, 2.45) is 5.73 Å². The van der Waals surface area contributed by atoms with Crippen molar-refractivity contribution in [3.63, 3.8) is 0 Å². The molecule has 17 heavy (non-hydrogen) atoms. The predicted molar refractivity (Wildman–Crippen MR) is 63.3 cm³/mol. The lowest BCUT2D eigenvalue weighted by molar-refractivity contribution is 0.579. The molecular formula is C12H12N4O. The van der Waals surface area contributed by atoms with E-state index in [1.54, 1.807) is 6.26 Å². The normalized spacial score (nSPS) is 11.2. The number of aryl methyl sites for hydroxylation is 1. The maximum absolute atomic E-state index is 5.58. The number of hydrogen-bond acceptors (Lipinski definition) is 4. The SMILES string of the molecule is Cc1nc(-c2ccco2)cc2nc(CN)cn12. The topological polar surface area (TPSA) is 69.3 Å². The fourth-order valence-electron chi connectivity index (χ4n) is 1.84. The second-order valence-corrected chi connectivity index (χ2v) is 3.83. The van der Waals surface area contributed by atoms with E-state index in [4.69, 9.17) is 10.2 Å². The summed E-state index contributed by atoms with van der Waals surface area (Å²) >= 11 is 0. The highest BCUT2D eigenvalue weighted by Gasteiger charge is 2.09. The Morgan fingerprint density at radius 2 is 2.29 bits per heavy atom. The van der Waals surface area contributed by atoms with E-state index in [0.717, 1.165) is 28.6 Å². The Bertz CT molecular complexity index is 655. The molecule has 0 aliphatic heterocycles. The van der Waals surface area contributed by atoms with E-state index in [2.05, 4.69) is 9.97 Å². The summed E-state index contributed by atoms with van der Waals surface area (Å²) in [5, 5.41) is 0. The van der Waals surface area contributed by atoms with E-state index in [-0.39, 0.29) is 0 Å². The average molecular weight is 228 g/mol. The zero-order chi connectivity index (χ0) is 11.8. The van der Waals surface area contributed by atoms with Crippen molar-refractivity contribution < 1.29 is 4.42 Å². The number of fused-ring (bicyclic) bond motifs is 1. The number of imidazole rings is 1. The number of nitrogens with two attached hydrogens (primary N) is 1. The lowest BCUT2D eigenvalue weighted by Gasteiger charge is -2.01. The molecule has 3 aromatic heterocycles. The summed E-state index contributed by atoms with van der Waals surface area (Å²) in [5.41, 5.74) is 8.06. The van der Waals surface area contributed by atoms with Crippen molar-refractivity contribution in [3.05, 3.63) is 42.2 Å². The van der Waals surface area contributed by atoms with Gasteiger partial charge < -0.3 is 10.2 Å². The minimum absolute atomic E-state index is 0.428. The van der Waals surface area contributed by atoms with Crippen LogP contribution in [0.5, 0.6) is 0 Å². The van der Waals surface area contributed by atoms with Gasteiger partial charge in [0.15, 0.2) is 5.76 Å². The number of aromatic nitrogens is 3. The van der Waals surface area contributed by atoms with Crippen LogP contribution in [-0.4, -0.2) is 14.4 Å². The van der Waals surface area contributed by atoms with Gasteiger partial charge >= 0.3 is 0 Å². The van der Waals surface area contributed by atoms with Crippen molar-refractivity contribution in [2.45, 2.75) is 13.5 Å². The third-order valence-corrected chi connectivity index (χ3v) is 2.66. The Labute approximate surface area is 97.9 Å². The lowest BCUT2D eigenvalue weighted by Crippen LogP contribution is -1.96.